The number of benzene rings is 2. The third-order valence-corrected chi connectivity index (χ3v) is 3.46. The summed E-state index contributed by atoms with van der Waals surface area (Å²) in [6.07, 6.45) is 0. The minimum absolute atomic E-state index is 0.117. The van der Waals surface area contributed by atoms with Crippen molar-refractivity contribution in [3.05, 3.63) is 65.4 Å². The number of carbonyl (C=O) groups excluding carboxylic acids is 2. The number of fused-ring (bicyclic) bond motifs is 1. The minimum atomic E-state index is -0.757. The van der Waals surface area contributed by atoms with Crippen LogP contribution >= 0.6 is 0 Å². The van der Waals surface area contributed by atoms with Gasteiger partial charge in [-0.1, -0.05) is 24.3 Å². The first-order valence-corrected chi connectivity index (χ1v) is 6.64. The van der Waals surface area contributed by atoms with Crippen molar-refractivity contribution >= 4 is 23.0 Å². The molecule has 22 heavy (non-hydrogen) atoms. The molecule has 0 aliphatic heterocycles. The Morgan fingerprint density at radius 3 is 2.18 bits per heavy atom. The molecule has 110 valence electrons. The standard InChI is InChI=1S/C17H13NO4/c1-22-11-8-6-10(7-9-11)18-14-15(19)12-4-2-3-5-13(12)16(20)17(14)21/h2-9,18-19H,1H3. The van der Waals surface area contributed by atoms with E-state index in [0.29, 0.717) is 17.0 Å². The highest BCUT2D eigenvalue weighted by atomic mass is 16.5. The summed E-state index contributed by atoms with van der Waals surface area (Å²) in [5.41, 5.74) is 1.02. The van der Waals surface area contributed by atoms with E-state index in [2.05, 4.69) is 5.32 Å². The average Bonchev–Trinajstić information content (AvgIpc) is 2.57. The molecule has 1 aliphatic rings. The highest BCUT2D eigenvalue weighted by Crippen LogP contribution is 2.28. The molecule has 5 nitrogen and oxygen atoms in total. The Labute approximate surface area is 126 Å². The van der Waals surface area contributed by atoms with E-state index in [0.717, 1.165) is 0 Å². The van der Waals surface area contributed by atoms with Crippen molar-refractivity contribution in [2.45, 2.75) is 0 Å². The topological polar surface area (TPSA) is 75.6 Å². The summed E-state index contributed by atoms with van der Waals surface area (Å²) in [6, 6.07) is 13.3. The molecular formula is C17H13NO4. The molecule has 2 aromatic carbocycles. The Bertz CT molecular complexity index is 791. The molecular weight excluding hydrogens is 282 g/mol. The number of anilines is 1. The van der Waals surface area contributed by atoms with Gasteiger partial charge in [0, 0.05) is 16.8 Å². The molecule has 0 atom stereocenters. The smallest absolute Gasteiger partial charge is 0.253 e. The highest BCUT2D eigenvalue weighted by molar-refractivity contribution is 6.52. The zero-order valence-corrected chi connectivity index (χ0v) is 11.8. The third-order valence-electron chi connectivity index (χ3n) is 3.46. The molecule has 0 heterocycles. The van der Waals surface area contributed by atoms with E-state index in [9.17, 15) is 14.7 Å². The quantitative estimate of drug-likeness (QED) is 0.852. The summed E-state index contributed by atoms with van der Waals surface area (Å²) in [7, 11) is 1.55. The van der Waals surface area contributed by atoms with Crippen LogP contribution in [0.4, 0.5) is 5.69 Å². The van der Waals surface area contributed by atoms with E-state index in [4.69, 9.17) is 4.74 Å². The zero-order valence-electron chi connectivity index (χ0n) is 11.8. The number of aliphatic hydroxyl groups is 1. The SMILES string of the molecule is COc1ccc(NC2=C(O)c3ccccc3C(=O)C2=O)cc1. The molecule has 0 saturated carbocycles. The maximum atomic E-state index is 12.2. The van der Waals surface area contributed by atoms with Gasteiger partial charge in [0.25, 0.3) is 5.78 Å². The first kappa shape index (κ1) is 13.9. The van der Waals surface area contributed by atoms with Crippen LogP contribution in [0.5, 0.6) is 5.75 Å². The van der Waals surface area contributed by atoms with Crippen LogP contribution in [0.15, 0.2) is 54.2 Å². The number of hydrogen-bond acceptors (Lipinski definition) is 5. The van der Waals surface area contributed by atoms with Gasteiger partial charge < -0.3 is 15.2 Å². The van der Waals surface area contributed by atoms with Crippen molar-refractivity contribution in [3.63, 3.8) is 0 Å². The zero-order chi connectivity index (χ0) is 15.7. The van der Waals surface area contributed by atoms with Crippen molar-refractivity contribution < 1.29 is 19.4 Å². The molecule has 0 saturated heterocycles. The molecule has 0 radical (unpaired) electrons. The Morgan fingerprint density at radius 1 is 0.909 bits per heavy atom. The van der Waals surface area contributed by atoms with E-state index >= 15 is 0 Å². The van der Waals surface area contributed by atoms with Crippen LogP contribution in [-0.2, 0) is 4.79 Å². The summed E-state index contributed by atoms with van der Waals surface area (Å²) < 4.78 is 5.05. The van der Waals surface area contributed by atoms with Crippen LogP contribution in [0.1, 0.15) is 15.9 Å². The van der Waals surface area contributed by atoms with Crippen LogP contribution in [0.25, 0.3) is 5.76 Å². The van der Waals surface area contributed by atoms with Crippen LogP contribution in [0, 0.1) is 0 Å². The second-order valence-electron chi connectivity index (χ2n) is 4.78. The molecule has 3 rings (SSSR count). The van der Waals surface area contributed by atoms with Crippen molar-refractivity contribution in [1.82, 2.24) is 0 Å². The lowest BCUT2D eigenvalue weighted by Crippen LogP contribution is -2.27. The maximum Gasteiger partial charge on any atom is 0.253 e. The molecule has 2 aromatic rings. The maximum absolute atomic E-state index is 12.2. The van der Waals surface area contributed by atoms with Gasteiger partial charge in [-0.2, -0.15) is 0 Å². The first-order chi connectivity index (χ1) is 10.6. The molecule has 0 fully saturated rings. The molecule has 0 amide bonds. The van der Waals surface area contributed by atoms with Crippen molar-refractivity contribution in [2.24, 2.45) is 0 Å². The molecule has 0 spiro atoms. The van der Waals surface area contributed by atoms with Gasteiger partial charge in [-0.3, -0.25) is 9.59 Å². The van der Waals surface area contributed by atoms with Crippen molar-refractivity contribution in [1.29, 1.82) is 0 Å². The average molecular weight is 295 g/mol. The normalized spacial score (nSPS) is 13.9. The predicted octanol–water partition coefficient (Wildman–Crippen LogP) is 2.80. The van der Waals surface area contributed by atoms with E-state index in [1.165, 1.54) is 6.07 Å². The number of hydrogen-bond donors (Lipinski definition) is 2. The van der Waals surface area contributed by atoms with Gasteiger partial charge in [-0.05, 0) is 24.3 Å². The summed E-state index contributed by atoms with van der Waals surface area (Å²) in [5.74, 6) is -0.951. The molecule has 2 N–H and O–H groups in total. The number of allylic oxidation sites excluding steroid dienone is 1. The van der Waals surface area contributed by atoms with Crippen molar-refractivity contribution in [2.75, 3.05) is 12.4 Å². The summed E-state index contributed by atoms with van der Waals surface area (Å²) in [6.45, 7) is 0. The number of ketones is 2. The summed E-state index contributed by atoms with van der Waals surface area (Å²) >= 11 is 0. The number of Topliss-reactive ketones (excluding diaryl/α,β-unsaturated/α-hetero) is 2. The molecule has 0 aromatic heterocycles. The number of aliphatic hydroxyl groups excluding tert-OH is 1. The first-order valence-electron chi connectivity index (χ1n) is 6.64. The lowest BCUT2D eigenvalue weighted by atomic mass is 9.91. The Hall–Kier alpha value is -3.08. The second-order valence-corrected chi connectivity index (χ2v) is 4.78. The lowest BCUT2D eigenvalue weighted by molar-refractivity contribution is -0.111. The number of nitrogens with one attached hydrogen (secondary N) is 1. The van der Waals surface area contributed by atoms with Gasteiger partial charge in [0.2, 0.25) is 5.78 Å². The van der Waals surface area contributed by atoms with Gasteiger partial charge in [0.1, 0.15) is 11.4 Å². The number of ether oxygens (including phenoxy) is 1. The highest BCUT2D eigenvalue weighted by Gasteiger charge is 2.32. The fourth-order valence-electron chi connectivity index (χ4n) is 2.30. The van der Waals surface area contributed by atoms with Gasteiger partial charge in [0.15, 0.2) is 5.76 Å². The van der Waals surface area contributed by atoms with E-state index in [1.54, 1.807) is 49.6 Å². The molecule has 0 unspecified atom stereocenters. The third kappa shape index (κ3) is 2.22. The van der Waals surface area contributed by atoms with Gasteiger partial charge >= 0.3 is 0 Å². The Kier molecular flexibility index (Phi) is 3.39. The van der Waals surface area contributed by atoms with Gasteiger partial charge in [-0.25, -0.2) is 0 Å². The monoisotopic (exact) mass is 295 g/mol. The minimum Gasteiger partial charge on any atom is -0.505 e. The van der Waals surface area contributed by atoms with Crippen LogP contribution in [0.2, 0.25) is 0 Å². The lowest BCUT2D eigenvalue weighted by Gasteiger charge is -2.18. The fraction of sp³-hybridized carbons (Fsp3) is 0.0588. The number of rotatable bonds is 3. The Morgan fingerprint density at radius 2 is 1.55 bits per heavy atom. The molecule has 0 bridgehead atoms. The molecule has 5 heteroatoms. The second kappa shape index (κ2) is 5.37. The van der Waals surface area contributed by atoms with Crippen LogP contribution in [-0.4, -0.2) is 23.8 Å². The number of carbonyl (C=O) groups is 2. The van der Waals surface area contributed by atoms with Gasteiger partial charge in [-0.15, -0.1) is 0 Å². The van der Waals surface area contributed by atoms with Crippen LogP contribution in [0.3, 0.4) is 0 Å². The summed E-state index contributed by atoms with van der Waals surface area (Å²) in [4.78, 5) is 24.3. The van der Waals surface area contributed by atoms with E-state index in [-0.39, 0.29) is 17.0 Å². The van der Waals surface area contributed by atoms with E-state index in [1.807, 2.05) is 0 Å². The summed E-state index contributed by atoms with van der Waals surface area (Å²) in [5, 5.41) is 13.1. The number of methoxy groups -OCH3 is 1. The van der Waals surface area contributed by atoms with Gasteiger partial charge in [0.05, 0.1) is 7.11 Å². The van der Waals surface area contributed by atoms with Crippen molar-refractivity contribution in [3.8, 4) is 5.75 Å². The van der Waals surface area contributed by atoms with Crippen LogP contribution < -0.4 is 10.1 Å². The fourth-order valence-corrected chi connectivity index (χ4v) is 2.30. The largest absolute Gasteiger partial charge is 0.505 e. The molecule has 1 aliphatic carbocycles. The van der Waals surface area contributed by atoms with E-state index < -0.39 is 11.6 Å². The Balaban J connectivity index is 2.01. The predicted molar refractivity (Wildman–Crippen MR) is 81.9 cm³/mol.